The van der Waals surface area contributed by atoms with Crippen molar-refractivity contribution in [2.45, 2.75) is 32.3 Å². The molecule has 3 N–H and O–H groups in total. The summed E-state index contributed by atoms with van der Waals surface area (Å²) < 4.78 is 5.46. The molecule has 0 fully saturated rings. The molecule has 0 saturated carbocycles. The largest absolute Gasteiger partial charge is 0.390 e. The smallest absolute Gasteiger partial charge is 0.258 e. The van der Waals surface area contributed by atoms with Gasteiger partial charge in [0, 0.05) is 10.6 Å². The van der Waals surface area contributed by atoms with Crippen LogP contribution in [0.25, 0.3) is 0 Å². The number of amides is 1. The van der Waals surface area contributed by atoms with E-state index in [1.807, 2.05) is 18.2 Å². The van der Waals surface area contributed by atoms with Crippen molar-refractivity contribution in [3.8, 4) is 0 Å². The van der Waals surface area contributed by atoms with Gasteiger partial charge in [-0.25, -0.2) is 0 Å². The Balaban J connectivity index is 1.35. The molecule has 0 saturated heterocycles. The van der Waals surface area contributed by atoms with Gasteiger partial charge in [0.25, 0.3) is 5.91 Å². The zero-order chi connectivity index (χ0) is 19.3. The second kappa shape index (κ2) is 8.59. The Morgan fingerprint density at radius 2 is 1.75 bits per heavy atom. The number of ether oxygens (including phenoxy) is 1. The molecule has 0 unspecified atom stereocenters. The number of rotatable bonds is 6. The summed E-state index contributed by atoms with van der Waals surface area (Å²) in [5.74, 6) is -0.131. The van der Waals surface area contributed by atoms with Crippen molar-refractivity contribution in [3.05, 3.63) is 81.7 Å². The van der Waals surface area contributed by atoms with E-state index in [-0.39, 0.29) is 5.91 Å². The highest BCUT2D eigenvalue weighted by Crippen LogP contribution is 2.34. The highest BCUT2D eigenvalue weighted by molar-refractivity contribution is 7.16. The molecule has 1 aliphatic rings. The molecule has 4 rings (SSSR count). The standard InChI is InChI=1S/C23H24N2O2S/c24-22-21(19-13-14-27-15-20(19)28-22)23(26)25-18-11-9-17(10-12-18)8-4-7-16-5-2-1-3-6-16/h1-3,5-6,9-12H,4,7-8,13-15,24H2,(H,25,26). The molecule has 2 aromatic carbocycles. The molecule has 3 aromatic rings. The number of hydrogen-bond donors (Lipinski definition) is 2. The minimum absolute atomic E-state index is 0.131. The second-order valence-electron chi connectivity index (χ2n) is 7.04. The third kappa shape index (κ3) is 4.26. The molecule has 0 bridgehead atoms. The van der Waals surface area contributed by atoms with Crippen molar-refractivity contribution in [2.24, 2.45) is 0 Å². The Morgan fingerprint density at radius 3 is 2.50 bits per heavy atom. The molecule has 1 amide bonds. The van der Waals surface area contributed by atoms with Gasteiger partial charge in [0.1, 0.15) is 0 Å². The van der Waals surface area contributed by atoms with E-state index in [9.17, 15) is 4.79 Å². The topological polar surface area (TPSA) is 64.4 Å². The SMILES string of the molecule is Nc1sc2c(c1C(=O)Nc1ccc(CCCc3ccccc3)cc1)CCOC2. The Morgan fingerprint density at radius 1 is 1.04 bits per heavy atom. The van der Waals surface area contributed by atoms with Crippen molar-refractivity contribution in [2.75, 3.05) is 17.7 Å². The van der Waals surface area contributed by atoms with Gasteiger partial charge in [-0.3, -0.25) is 4.79 Å². The number of fused-ring (bicyclic) bond motifs is 1. The van der Waals surface area contributed by atoms with Crippen LogP contribution in [0.4, 0.5) is 10.7 Å². The Hall–Kier alpha value is -2.63. The number of aryl methyl sites for hydroxylation is 2. The van der Waals surface area contributed by atoms with Crippen LogP contribution in [-0.2, 0) is 30.6 Å². The molecule has 0 atom stereocenters. The van der Waals surface area contributed by atoms with Gasteiger partial charge in [-0.1, -0.05) is 42.5 Å². The fourth-order valence-electron chi connectivity index (χ4n) is 3.59. The van der Waals surface area contributed by atoms with Gasteiger partial charge in [0.15, 0.2) is 0 Å². The Kier molecular flexibility index (Phi) is 5.74. The molecule has 0 aliphatic carbocycles. The first-order valence-electron chi connectivity index (χ1n) is 9.62. The predicted molar refractivity (Wildman–Crippen MR) is 115 cm³/mol. The summed E-state index contributed by atoms with van der Waals surface area (Å²) in [7, 11) is 0. The third-order valence-corrected chi connectivity index (χ3v) is 6.09. The first-order chi connectivity index (χ1) is 13.7. The van der Waals surface area contributed by atoms with Gasteiger partial charge in [0.2, 0.25) is 0 Å². The normalized spacial score (nSPS) is 13.1. The Labute approximate surface area is 169 Å². The van der Waals surface area contributed by atoms with Gasteiger partial charge >= 0.3 is 0 Å². The summed E-state index contributed by atoms with van der Waals surface area (Å²) >= 11 is 1.46. The van der Waals surface area contributed by atoms with E-state index in [2.05, 4.69) is 41.7 Å². The number of thiophene rings is 1. The summed E-state index contributed by atoms with van der Waals surface area (Å²) in [5, 5.41) is 3.57. The molecule has 5 heteroatoms. The van der Waals surface area contributed by atoms with E-state index in [1.54, 1.807) is 0 Å². The molecule has 0 radical (unpaired) electrons. The number of anilines is 2. The predicted octanol–water partition coefficient (Wildman–Crippen LogP) is 4.83. The molecule has 4 nitrogen and oxygen atoms in total. The van der Waals surface area contributed by atoms with E-state index in [0.29, 0.717) is 23.8 Å². The maximum Gasteiger partial charge on any atom is 0.258 e. The minimum atomic E-state index is -0.131. The number of nitrogen functional groups attached to an aromatic ring is 1. The van der Waals surface area contributed by atoms with Crippen molar-refractivity contribution < 1.29 is 9.53 Å². The summed E-state index contributed by atoms with van der Waals surface area (Å²) in [6.07, 6.45) is 3.95. The van der Waals surface area contributed by atoms with E-state index >= 15 is 0 Å². The van der Waals surface area contributed by atoms with Crippen molar-refractivity contribution >= 4 is 27.9 Å². The lowest BCUT2D eigenvalue weighted by Gasteiger charge is -2.13. The van der Waals surface area contributed by atoms with E-state index in [4.69, 9.17) is 10.5 Å². The number of carbonyl (C=O) groups is 1. The van der Waals surface area contributed by atoms with Crippen LogP contribution in [0.15, 0.2) is 54.6 Å². The summed E-state index contributed by atoms with van der Waals surface area (Å²) in [5.41, 5.74) is 11.2. The molecule has 28 heavy (non-hydrogen) atoms. The van der Waals surface area contributed by atoms with E-state index in [0.717, 1.165) is 41.8 Å². The lowest BCUT2D eigenvalue weighted by molar-refractivity contribution is 0.101. The number of benzene rings is 2. The maximum absolute atomic E-state index is 12.8. The highest BCUT2D eigenvalue weighted by Gasteiger charge is 2.24. The van der Waals surface area contributed by atoms with Crippen molar-refractivity contribution in [1.29, 1.82) is 0 Å². The number of carbonyl (C=O) groups excluding carboxylic acids is 1. The zero-order valence-corrected chi connectivity index (χ0v) is 16.6. The van der Waals surface area contributed by atoms with E-state index < -0.39 is 0 Å². The monoisotopic (exact) mass is 392 g/mol. The van der Waals surface area contributed by atoms with Crippen LogP contribution in [0.5, 0.6) is 0 Å². The lowest BCUT2D eigenvalue weighted by atomic mass is 10.0. The molecular weight excluding hydrogens is 368 g/mol. The Bertz CT molecular complexity index is 949. The molecule has 1 aliphatic heterocycles. The molecule has 2 heterocycles. The fraction of sp³-hybridized carbons (Fsp3) is 0.261. The molecule has 1 aromatic heterocycles. The molecule has 144 valence electrons. The van der Waals surface area contributed by atoms with Crippen LogP contribution in [0.1, 0.15) is 38.3 Å². The number of nitrogens with one attached hydrogen (secondary N) is 1. The summed E-state index contributed by atoms with van der Waals surface area (Å²) in [6.45, 7) is 1.19. The van der Waals surface area contributed by atoms with Gasteiger partial charge in [-0.05, 0) is 54.5 Å². The van der Waals surface area contributed by atoms with E-state index in [1.165, 1.54) is 22.5 Å². The second-order valence-corrected chi connectivity index (χ2v) is 8.17. The van der Waals surface area contributed by atoms with Gasteiger partial charge < -0.3 is 15.8 Å². The van der Waals surface area contributed by atoms with Gasteiger partial charge in [-0.15, -0.1) is 11.3 Å². The zero-order valence-electron chi connectivity index (χ0n) is 15.7. The minimum Gasteiger partial charge on any atom is -0.390 e. The van der Waals surface area contributed by atoms with Gasteiger partial charge in [-0.2, -0.15) is 0 Å². The van der Waals surface area contributed by atoms with Crippen LogP contribution >= 0.6 is 11.3 Å². The maximum atomic E-state index is 12.8. The van der Waals surface area contributed by atoms with Crippen LogP contribution in [0.3, 0.4) is 0 Å². The van der Waals surface area contributed by atoms with Crippen molar-refractivity contribution in [1.82, 2.24) is 0 Å². The molecule has 0 spiro atoms. The van der Waals surface area contributed by atoms with Crippen LogP contribution < -0.4 is 11.1 Å². The number of nitrogens with two attached hydrogens (primary N) is 1. The quantitative estimate of drug-likeness (QED) is 0.631. The average Bonchev–Trinajstić information content (AvgIpc) is 3.06. The third-order valence-electron chi connectivity index (χ3n) is 5.06. The number of hydrogen-bond acceptors (Lipinski definition) is 4. The first-order valence-corrected chi connectivity index (χ1v) is 10.4. The van der Waals surface area contributed by atoms with Gasteiger partial charge in [0.05, 0.1) is 23.8 Å². The van der Waals surface area contributed by atoms with Crippen LogP contribution in [0, 0.1) is 0 Å². The van der Waals surface area contributed by atoms with Crippen LogP contribution in [-0.4, -0.2) is 12.5 Å². The average molecular weight is 393 g/mol. The van der Waals surface area contributed by atoms with Crippen LogP contribution in [0.2, 0.25) is 0 Å². The molecular formula is C23H24N2O2S. The summed E-state index contributed by atoms with van der Waals surface area (Å²) in [4.78, 5) is 13.8. The lowest BCUT2D eigenvalue weighted by Crippen LogP contribution is -2.17. The highest BCUT2D eigenvalue weighted by atomic mass is 32.1. The summed E-state index contributed by atoms with van der Waals surface area (Å²) in [6, 6.07) is 18.6. The van der Waals surface area contributed by atoms with Crippen molar-refractivity contribution in [3.63, 3.8) is 0 Å². The fourth-order valence-corrected chi connectivity index (χ4v) is 4.65. The first kappa shape index (κ1) is 18.7.